The first-order valence-electron chi connectivity index (χ1n) is 9.40. The molecule has 0 saturated carbocycles. The summed E-state index contributed by atoms with van der Waals surface area (Å²) in [4.78, 5) is 0. The lowest BCUT2D eigenvalue weighted by Crippen LogP contribution is -2.68. The predicted molar refractivity (Wildman–Crippen MR) is 106 cm³/mol. The van der Waals surface area contributed by atoms with Crippen molar-refractivity contribution in [1.82, 2.24) is 0 Å². The first-order chi connectivity index (χ1) is 14.1. The molecule has 0 atom stereocenters. The van der Waals surface area contributed by atoms with Crippen LogP contribution in [0.5, 0.6) is 0 Å². The Morgan fingerprint density at radius 2 is 1.33 bits per heavy atom. The van der Waals surface area contributed by atoms with E-state index in [1.54, 1.807) is 0 Å². The number of ether oxygens (including phenoxy) is 1. The van der Waals surface area contributed by atoms with Gasteiger partial charge in [0.25, 0.3) is 6.61 Å². The number of carbonyl (C=O) groups excluding carboxylic acids is 1. The Morgan fingerprint density at radius 1 is 0.867 bits per heavy atom. The van der Waals surface area contributed by atoms with E-state index in [0.29, 0.717) is 13.2 Å². The van der Waals surface area contributed by atoms with Gasteiger partial charge in [-0.25, -0.2) is 18.6 Å². The number of hydrogen-bond acceptors (Lipinski definition) is 5. The Labute approximate surface area is 179 Å². The Morgan fingerprint density at radius 3 is 1.77 bits per heavy atom. The molecule has 162 valence electrons. The Kier molecular flexibility index (Phi) is 11.0. The van der Waals surface area contributed by atoms with Crippen molar-refractivity contribution in [3.8, 4) is 0 Å². The molecule has 30 heavy (non-hydrogen) atoms. The van der Waals surface area contributed by atoms with E-state index in [1.165, 1.54) is 11.1 Å². The molecule has 6 nitrogen and oxygen atoms in total. The van der Waals surface area contributed by atoms with Gasteiger partial charge in [0, 0.05) is 18.6 Å². The van der Waals surface area contributed by atoms with Gasteiger partial charge in [-0.3, -0.25) is 4.42 Å². The maximum absolute atomic E-state index is 8.49. The zero-order chi connectivity index (χ0) is 22.6. The van der Waals surface area contributed by atoms with Crippen molar-refractivity contribution in [2.24, 2.45) is 0 Å². The normalized spacial score (nSPS) is 12.5. The number of benzene rings is 2. The maximum Gasteiger partial charge on any atom is 0.350 e. The van der Waals surface area contributed by atoms with E-state index >= 15 is 0 Å². The van der Waals surface area contributed by atoms with Crippen molar-refractivity contribution in [2.75, 3.05) is 13.2 Å². The van der Waals surface area contributed by atoms with Crippen molar-refractivity contribution in [3.63, 3.8) is 0 Å². The van der Waals surface area contributed by atoms with E-state index in [-0.39, 0.29) is 0 Å². The molecule has 2 rings (SSSR count). The van der Waals surface area contributed by atoms with Gasteiger partial charge in [-0.1, -0.05) is 47.5 Å². The minimum Gasteiger partial charge on any atom is -0.493 e. The summed E-state index contributed by atoms with van der Waals surface area (Å²) in [6.07, 6.45) is 5.96. The minimum absolute atomic E-state index is 0.632. The van der Waals surface area contributed by atoms with Crippen molar-refractivity contribution in [2.45, 2.75) is 27.7 Å². The van der Waals surface area contributed by atoms with Crippen LogP contribution in [0.4, 0.5) is 0 Å². The van der Waals surface area contributed by atoms with Crippen LogP contribution in [0.2, 0.25) is 0 Å². The molecular weight excluding hydrogens is 408 g/mol. The molecular formula is C23H27ClO6. The number of aryl methyl sites for hydroxylation is 2. The van der Waals surface area contributed by atoms with Gasteiger partial charge in [0.05, 0.1) is 12.2 Å². The molecule has 0 aliphatic heterocycles. The zero-order valence-electron chi connectivity index (χ0n) is 17.6. The third-order valence-electron chi connectivity index (χ3n) is 3.77. The first-order valence-corrected chi connectivity index (χ1v) is 10.6. The molecule has 0 aromatic heterocycles. The van der Waals surface area contributed by atoms with Crippen LogP contribution in [0.15, 0.2) is 66.8 Å². The summed E-state index contributed by atoms with van der Waals surface area (Å²) >= 11 is 0. The van der Waals surface area contributed by atoms with Gasteiger partial charge in [-0.05, 0) is 45.1 Å². The standard InChI is InChI=1S/C23H27O2.ClHO4/c1-5-24-22(20-14-10-18(3)11-15-20)8-7-9-23(25-6-2)21-16-12-19(4)13-17-21;2-1(3,4)5/h7-17H,5-6H2,1-4H3;(H,2,3,4,5)/q+1;/p-1/b8-7+,23-9-;. The molecule has 0 fully saturated rings. The Balaban J connectivity index is 0.000000804. The summed E-state index contributed by atoms with van der Waals surface area (Å²) < 4.78 is 45.6. The highest BCUT2D eigenvalue weighted by Gasteiger charge is 2.10. The van der Waals surface area contributed by atoms with E-state index in [9.17, 15) is 0 Å². The van der Waals surface area contributed by atoms with Gasteiger partial charge in [-0.2, -0.15) is 0 Å². The molecule has 0 N–H and O–H groups in total. The highest BCUT2D eigenvalue weighted by molar-refractivity contribution is 6.05. The van der Waals surface area contributed by atoms with E-state index in [4.69, 9.17) is 27.8 Å². The maximum atomic E-state index is 8.49. The second kappa shape index (κ2) is 13.0. The zero-order valence-corrected chi connectivity index (χ0v) is 18.3. The molecule has 7 heteroatoms. The van der Waals surface area contributed by atoms with Crippen LogP contribution < -0.4 is 18.6 Å². The molecule has 0 unspecified atom stereocenters. The van der Waals surface area contributed by atoms with Gasteiger partial charge < -0.3 is 4.74 Å². The SMILES string of the molecule is CCO/C(=C\C=C\C(=[O+]CC)c1ccc(C)cc1)c1ccc(C)cc1.[O-][Cl+3]([O-])([O-])[O-]. The molecule has 2 aromatic carbocycles. The van der Waals surface area contributed by atoms with Gasteiger partial charge in [0.2, 0.25) is 0 Å². The quantitative estimate of drug-likeness (QED) is 0.211. The third-order valence-corrected chi connectivity index (χ3v) is 3.77. The Hall–Kier alpha value is -2.48. The number of allylic oxidation sites excluding steroid dienone is 3. The minimum atomic E-state index is -4.94. The lowest BCUT2D eigenvalue weighted by molar-refractivity contribution is -2.00. The summed E-state index contributed by atoms with van der Waals surface area (Å²) in [6, 6.07) is 16.7. The smallest absolute Gasteiger partial charge is 0.350 e. The van der Waals surface area contributed by atoms with Crippen LogP contribution in [0, 0.1) is 24.1 Å². The molecule has 0 saturated heterocycles. The van der Waals surface area contributed by atoms with Crippen LogP contribution in [-0.2, 0) is 4.74 Å². The van der Waals surface area contributed by atoms with Gasteiger partial charge in [0.15, 0.2) is 0 Å². The second-order valence-corrected chi connectivity index (χ2v) is 6.99. The lowest BCUT2D eigenvalue weighted by atomic mass is 10.1. The van der Waals surface area contributed by atoms with Crippen LogP contribution in [0.3, 0.4) is 0 Å². The van der Waals surface area contributed by atoms with E-state index in [1.807, 2.05) is 32.1 Å². The van der Waals surface area contributed by atoms with Gasteiger partial charge in [0.1, 0.15) is 5.76 Å². The average molecular weight is 435 g/mol. The fourth-order valence-corrected chi connectivity index (χ4v) is 2.42. The van der Waals surface area contributed by atoms with Crippen molar-refractivity contribution >= 4 is 11.5 Å². The predicted octanol–water partition coefficient (Wildman–Crippen LogP) is 0.920. The molecule has 2 aromatic rings. The number of halogens is 1. The molecule has 0 aliphatic rings. The average Bonchev–Trinajstić information content (AvgIpc) is 2.67. The largest absolute Gasteiger partial charge is 0.493 e. The second-order valence-electron chi connectivity index (χ2n) is 6.23. The lowest BCUT2D eigenvalue weighted by Gasteiger charge is -2.17. The molecule has 0 heterocycles. The summed E-state index contributed by atoms with van der Waals surface area (Å²) in [6.45, 7) is 9.42. The highest BCUT2D eigenvalue weighted by atomic mass is 35.7. The summed E-state index contributed by atoms with van der Waals surface area (Å²) in [7, 11) is -4.94. The van der Waals surface area contributed by atoms with Gasteiger partial charge in [-0.15, -0.1) is 10.2 Å². The van der Waals surface area contributed by atoms with E-state index < -0.39 is 10.2 Å². The molecule has 0 bridgehead atoms. The summed E-state index contributed by atoms with van der Waals surface area (Å²) in [5.74, 6) is 1.72. The molecule has 0 amide bonds. The van der Waals surface area contributed by atoms with Crippen molar-refractivity contribution in [3.05, 3.63) is 89.0 Å². The molecule has 0 radical (unpaired) electrons. The van der Waals surface area contributed by atoms with Crippen LogP contribution in [0.25, 0.3) is 5.76 Å². The van der Waals surface area contributed by atoms with E-state index in [2.05, 4.69) is 62.4 Å². The number of hydrogen-bond donors (Lipinski definition) is 0. The third kappa shape index (κ3) is 10.9. The number of rotatable bonds is 7. The monoisotopic (exact) mass is 434 g/mol. The molecule has 0 aliphatic carbocycles. The highest BCUT2D eigenvalue weighted by Crippen LogP contribution is 2.17. The first kappa shape index (κ1) is 25.6. The van der Waals surface area contributed by atoms with Crippen LogP contribution in [-0.4, -0.2) is 19.0 Å². The fourth-order valence-electron chi connectivity index (χ4n) is 2.42. The van der Waals surface area contributed by atoms with Crippen molar-refractivity contribution < 1.29 is 38.0 Å². The van der Waals surface area contributed by atoms with Crippen LogP contribution >= 0.6 is 0 Å². The fraction of sp³-hybridized carbons (Fsp3) is 0.261. The summed E-state index contributed by atoms with van der Waals surface area (Å²) in [5, 5.41) is 0. The van der Waals surface area contributed by atoms with Gasteiger partial charge >= 0.3 is 5.78 Å². The summed E-state index contributed by atoms with van der Waals surface area (Å²) in [5.41, 5.74) is 4.62. The van der Waals surface area contributed by atoms with Crippen LogP contribution in [0.1, 0.15) is 40.5 Å². The topological polar surface area (TPSA) is 113 Å². The molecule has 0 spiro atoms. The Bertz CT molecular complexity index is 841. The van der Waals surface area contributed by atoms with Crippen molar-refractivity contribution in [1.29, 1.82) is 0 Å². The number of ketones is 1. The van der Waals surface area contributed by atoms with E-state index in [0.717, 1.165) is 22.7 Å².